The van der Waals surface area contributed by atoms with Crippen molar-refractivity contribution in [2.75, 3.05) is 13.7 Å². The lowest BCUT2D eigenvalue weighted by atomic mass is 10.0. The fourth-order valence-corrected chi connectivity index (χ4v) is 3.21. The Labute approximate surface area is 104 Å². The zero-order valence-corrected chi connectivity index (χ0v) is 11.8. The van der Waals surface area contributed by atoms with Crippen LogP contribution >= 0.6 is 27.3 Å². The summed E-state index contributed by atoms with van der Waals surface area (Å²) in [6.45, 7) is 5.41. The van der Waals surface area contributed by atoms with E-state index in [1.807, 2.05) is 0 Å². The van der Waals surface area contributed by atoms with E-state index in [-0.39, 0.29) is 12.6 Å². The Kier molecular flexibility index (Phi) is 5.26. The summed E-state index contributed by atoms with van der Waals surface area (Å²) in [7, 11) is 2.06. The van der Waals surface area contributed by atoms with Crippen LogP contribution < -0.4 is 0 Å². The van der Waals surface area contributed by atoms with Gasteiger partial charge in [-0.15, -0.1) is 11.3 Å². The first-order valence-electron chi connectivity index (χ1n) is 5.10. The molecule has 1 rings (SSSR count). The summed E-state index contributed by atoms with van der Waals surface area (Å²) in [4.78, 5) is 3.53. The maximum atomic E-state index is 9.30. The van der Waals surface area contributed by atoms with Gasteiger partial charge in [0.1, 0.15) is 0 Å². The molecule has 1 aromatic rings. The molecule has 0 aliphatic carbocycles. The maximum absolute atomic E-state index is 9.30. The van der Waals surface area contributed by atoms with Gasteiger partial charge in [0, 0.05) is 17.5 Å². The fourth-order valence-electron chi connectivity index (χ4n) is 1.66. The molecule has 0 fully saturated rings. The van der Waals surface area contributed by atoms with Crippen molar-refractivity contribution in [3.05, 3.63) is 20.8 Å². The number of rotatable bonds is 5. The van der Waals surface area contributed by atoms with Crippen molar-refractivity contribution in [1.29, 1.82) is 0 Å². The number of aliphatic hydroxyl groups excluding tert-OH is 1. The Morgan fingerprint density at radius 2 is 2.13 bits per heavy atom. The van der Waals surface area contributed by atoms with Gasteiger partial charge in [-0.1, -0.05) is 13.8 Å². The molecule has 0 aliphatic rings. The molecule has 1 aromatic heterocycles. The van der Waals surface area contributed by atoms with Crippen LogP contribution in [0.1, 0.15) is 18.7 Å². The van der Waals surface area contributed by atoms with Crippen LogP contribution in [0, 0.1) is 5.92 Å². The number of halogens is 1. The second kappa shape index (κ2) is 5.99. The molecule has 4 heteroatoms. The van der Waals surface area contributed by atoms with Gasteiger partial charge in [-0.2, -0.15) is 0 Å². The average molecular weight is 292 g/mol. The van der Waals surface area contributed by atoms with Gasteiger partial charge in [-0.05, 0) is 41.0 Å². The van der Waals surface area contributed by atoms with E-state index in [0.29, 0.717) is 5.92 Å². The Balaban J connectivity index is 2.57. The van der Waals surface area contributed by atoms with Crippen molar-refractivity contribution in [2.24, 2.45) is 5.92 Å². The molecule has 1 heterocycles. The minimum absolute atomic E-state index is 0.223. The second-order valence-corrected chi connectivity index (χ2v) is 6.66. The molecule has 86 valence electrons. The molecule has 1 N–H and O–H groups in total. The number of thiophene rings is 1. The minimum Gasteiger partial charge on any atom is -0.395 e. The quantitative estimate of drug-likeness (QED) is 0.902. The van der Waals surface area contributed by atoms with Crippen molar-refractivity contribution in [3.63, 3.8) is 0 Å². The van der Waals surface area contributed by atoms with Crippen molar-refractivity contribution < 1.29 is 5.11 Å². The zero-order chi connectivity index (χ0) is 11.4. The number of aliphatic hydroxyl groups is 1. The Hall–Kier alpha value is 0.1000. The summed E-state index contributed by atoms with van der Waals surface area (Å²) in [6, 6.07) is 4.43. The number of hydrogen-bond donors (Lipinski definition) is 1. The molecule has 1 atom stereocenters. The highest BCUT2D eigenvalue weighted by atomic mass is 79.9. The number of likely N-dealkylation sites (N-methyl/N-ethyl adjacent to an activating group) is 1. The Bertz CT molecular complexity index is 301. The molecule has 1 unspecified atom stereocenters. The van der Waals surface area contributed by atoms with Crippen LogP contribution in [0.25, 0.3) is 0 Å². The lowest BCUT2D eigenvalue weighted by Gasteiger charge is -2.29. The highest BCUT2D eigenvalue weighted by Gasteiger charge is 2.17. The van der Waals surface area contributed by atoms with Gasteiger partial charge in [0.05, 0.1) is 10.4 Å². The van der Waals surface area contributed by atoms with E-state index in [1.54, 1.807) is 11.3 Å². The molecular formula is C11H18BrNOS. The summed E-state index contributed by atoms with van der Waals surface area (Å²) in [6.07, 6.45) is 0. The largest absolute Gasteiger partial charge is 0.395 e. The number of nitrogens with zero attached hydrogens (tertiary/aromatic N) is 1. The predicted molar refractivity (Wildman–Crippen MR) is 69.2 cm³/mol. The van der Waals surface area contributed by atoms with Crippen molar-refractivity contribution in [1.82, 2.24) is 4.90 Å². The van der Waals surface area contributed by atoms with Crippen LogP contribution in [0.3, 0.4) is 0 Å². The molecule has 15 heavy (non-hydrogen) atoms. The van der Waals surface area contributed by atoms with Gasteiger partial charge in [0.25, 0.3) is 0 Å². The van der Waals surface area contributed by atoms with E-state index in [1.165, 1.54) is 4.88 Å². The molecule has 0 saturated heterocycles. The molecule has 0 saturated carbocycles. The highest BCUT2D eigenvalue weighted by Crippen LogP contribution is 2.24. The van der Waals surface area contributed by atoms with E-state index >= 15 is 0 Å². The lowest BCUT2D eigenvalue weighted by molar-refractivity contribution is 0.108. The second-order valence-electron chi connectivity index (χ2n) is 4.11. The molecular weight excluding hydrogens is 274 g/mol. The first-order valence-corrected chi connectivity index (χ1v) is 6.71. The van der Waals surface area contributed by atoms with Crippen LogP contribution in [0.5, 0.6) is 0 Å². The lowest BCUT2D eigenvalue weighted by Crippen LogP contribution is -2.38. The standard InChI is InChI=1S/C11H18BrNOS/c1-8(2)10(7-14)13(3)6-9-4-5-11(12)15-9/h4-5,8,10,14H,6-7H2,1-3H3. The predicted octanol–water partition coefficient (Wildman–Crippen LogP) is 2.96. The first kappa shape index (κ1) is 13.2. The third-order valence-electron chi connectivity index (χ3n) is 2.56. The SMILES string of the molecule is CC(C)C(CO)N(C)Cc1ccc(Br)s1. The van der Waals surface area contributed by atoms with E-state index in [4.69, 9.17) is 0 Å². The summed E-state index contributed by atoms with van der Waals surface area (Å²) in [5.41, 5.74) is 0. The zero-order valence-electron chi connectivity index (χ0n) is 9.40. The molecule has 0 spiro atoms. The molecule has 0 amide bonds. The summed E-state index contributed by atoms with van der Waals surface area (Å²) >= 11 is 5.20. The van der Waals surface area contributed by atoms with Crippen LogP contribution in [0.15, 0.2) is 15.9 Å². The first-order chi connectivity index (χ1) is 7.04. The highest BCUT2D eigenvalue weighted by molar-refractivity contribution is 9.11. The van der Waals surface area contributed by atoms with Gasteiger partial charge < -0.3 is 5.11 Å². The van der Waals surface area contributed by atoms with E-state index < -0.39 is 0 Å². The smallest absolute Gasteiger partial charge is 0.0701 e. The van der Waals surface area contributed by atoms with Gasteiger partial charge >= 0.3 is 0 Å². The summed E-state index contributed by atoms with van der Waals surface area (Å²) in [5.74, 6) is 0.475. The van der Waals surface area contributed by atoms with Gasteiger partial charge in [0.15, 0.2) is 0 Å². The monoisotopic (exact) mass is 291 g/mol. The van der Waals surface area contributed by atoms with Gasteiger partial charge in [-0.25, -0.2) is 0 Å². The minimum atomic E-state index is 0.223. The third-order valence-corrected chi connectivity index (χ3v) is 4.17. The fraction of sp³-hybridized carbons (Fsp3) is 0.636. The molecule has 0 bridgehead atoms. The third kappa shape index (κ3) is 3.87. The molecule has 0 aromatic carbocycles. The van der Waals surface area contributed by atoms with Gasteiger partial charge in [0.2, 0.25) is 0 Å². The van der Waals surface area contributed by atoms with E-state index in [0.717, 1.165) is 10.3 Å². The van der Waals surface area contributed by atoms with E-state index in [9.17, 15) is 5.11 Å². The summed E-state index contributed by atoms with van der Waals surface area (Å²) in [5, 5.41) is 9.30. The molecule has 0 aliphatic heterocycles. The van der Waals surface area contributed by atoms with Gasteiger partial charge in [-0.3, -0.25) is 4.90 Å². The summed E-state index contributed by atoms with van der Waals surface area (Å²) < 4.78 is 1.16. The van der Waals surface area contributed by atoms with Crippen LogP contribution in [-0.2, 0) is 6.54 Å². The van der Waals surface area contributed by atoms with Crippen LogP contribution in [-0.4, -0.2) is 29.7 Å². The number of hydrogen-bond acceptors (Lipinski definition) is 3. The topological polar surface area (TPSA) is 23.5 Å². The van der Waals surface area contributed by atoms with E-state index in [2.05, 4.69) is 53.9 Å². The normalized spacial score (nSPS) is 13.8. The van der Waals surface area contributed by atoms with Crippen molar-refractivity contribution in [2.45, 2.75) is 26.4 Å². The average Bonchev–Trinajstić information content (AvgIpc) is 2.51. The molecule has 0 radical (unpaired) electrons. The molecule has 2 nitrogen and oxygen atoms in total. The van der Waals surface area contributed by atoms with Crippen LogP contribution in [0.4, 0.5) is 0 Å². The Morgan fingerprint density at radius 3 is 2.53 bits per heavy atom. The van der Waals surface area contributed by atoms with Crippen LogP contribution in [0.2, 0.25) is 0 Å². The van der Waals surface area contributed by atoms with Crippen molar-refractivity contribution in [3.8, 4) is 0 Å². The Morgan fingerprint density at radius 1 is 1.47 bits per heavy atom. The maximum Gasteiger partial charge on any atom is 0.0701 e. The van der Waals surface area contributed by atoms with Crippen molar-refractivity contribution >= 4 is 27.3 Å².